The van der Waals surface area contributed by atoms with Crippen LogP contribution in [0.4, 0.5) is 0 Å². The number of piperidine rings is 1. The number of benzene rings is 1. The van der Waals surface area contributed by atoms with Crippen molar-refractivity contribution in [3.8, 4) is 11.1 Å². The number of aromatic amines is 1. The van der Waals surface area contributed by atoms with Crippen LogP contribution < -0.4 is 5.32 Å². The SMILES string of the molecule is CC(C)(C)CN1CCC(NC(=O)c2n[nH]c3ccc(-c4cnn(C5CC5)c4)cc23)CC1. The van der Waals surface area contributed by atoms with Crippen LogP contribution in [-0.4, -0.2) is 56.5 Å². The summed E-state index contributed by atoms with van der Waals surface area (Å²) in [6.45, 7) is 9.97. The summed E-state index contributed by atoms with van der Waals surface area (Å²) in [4.78, 5) is 15.5. The van der Waals surface area contributed by atoms with Crippen LogP contribution in [0, 0.1) is 5.41 Å². The van der Waals surface area contributed by atoms with Gasteiger partial charge in [0.15, 0.2) is 5.69 Å². The molecule has 0 unspecified atom stereocenters. The fourth-order valence-electron chi connectivity index (χ4n) is 4.55. The quantitative estimate of drug-likeness (QED) is 0.654. The molecule has 1 aliphatic heterocycles. The van der Waals surface area contributed by atoms with E-state index in [4.69, 9.17) is 0 Å². The summed E-state index contributed by atoms with van der Waals surface area (Å²) in [7, 11) is 0. The maximum Gasteiger partial charge on any atom is 0.272 e. The van der Waals surface area contributed by atoms with Gasteiger partial charge in [0, 0.05) is 42.8 Å². The molecule has 2 fully saturated rings. The third kappa shape index (κ3) is 4.51. The third-order valence-electron chi connectivity index (χ3n) is 6.25. The minimum atomic E-state index is -0.0913. The standard InChI is InChI=1S/C24H32N6O/c1-24(2,3)15-29-10-8-18(9-11-29)26-23(31)22-20-12-16(4-7-21(20)27-28-22)17-13-25-30(14-17)19-5-6-19/h4,7,12-14,18-19H,5-6,8-11,15H2,1-3H3,(H,26,31)(H,27,28). The maximum atomic E-state index is 13.0. The Morgan fingerprint density at radius 2 is 1.94 bits per heavy atom. The summed E-state index contributed by atoms with van der Waals surface area (Å²) in [5.74, 6) is -0.0913. The van der Waals surface area contributed by atoms with E-state index in [0.717, 1.165) is 54.5 Å². The van der Waals surface area contributed by atoms with Crippen molar-refractivity contribution in [3.05, 3.63) is 36.3 Å². The summed E-state index contributed by atoms with van der Waals surface area (Å²) < 4.78 is 2.05. The lowest BCUT2D eigenvalue weighted by Crippen LogP contribution is -2.46. The Morgan fingerprint density at radius 1 is 1.16 bits per heavy atom. The van der Waals surface area contributed by atoms with Gasteiger partial charge in [-0.2, -0.15) is 10.2 Å². The van der Waals surface area contributed by atoms with E-state index >= 15 is 0 Å². The largest absolute Gasteiger partial charge is 0.348 e. The summed E-state index contributed by atoms with van der Waals surface area (Å²) >= 11 is 0. The van der Waals surface area contributed by atoms with Crippen molar-refractivity contribution in [1.82, 2.24) is 30.2 Å². The number of carbonyl (C=O) groups is 1. The van der Waals surface area contributed by atoms with Crippen molar-refractivity contribution < 1.29 is 4.79 Å². The molecule has 0 bridgehead atoms. The van der Waals surface area contributed by atoms with Crippen LogP contribution in [0.5, 0.6) is 0 Å². The summed E-state index contributed by atoms with van der Waals surface area (Å²) in [6.07, 6.45) is 8.39. The second-order valence-electron chi connectivity index (χ2n) is 10.4. The summed E-state index contributed by atoms with van der Waals surface area (Å²) in [6, 6.07) is 6.86. The van der Waals surface area contributed by atoms with Gasteiger partial charge >= 0.3 is 0 Å². The van der Waals surface area contributed by atoms with Crippen molar-refractivity contribution in [2.45, 2.75) is 58.5 Å². The minimum Gasteiger partial charge on any atom is -0.348 e. The molecule has 2 aromatic heterocycles. The van der Waals surface area contributed by atoms with Crippen molar-refractivity contribution in [2.24, 2.45) is 5.41 Å². The molecule has 3 aromatic rings. The van der Waals surface area contributed by atoms with E-state index in [1.165, 1.54) is 12.8 Å². The van der Waals surface area contributed by atoms with Gasteiger partial charge < -0.3 is 10.2 Å². The highest BCUT2D eigenvalue weighted by Gasteiger charge is 2.26. The number of fused-ring (bicyclic) bond motifs is 1. The highest BCUT2D eigenvalue weighted by Crippen LogP contribution is 2.35. The first kappa shape index (κ1) is 20.2. The predicted molar refractivity (Wildman–Crippen MR) is 122 cm³/mol. The molecule has 0 atom stereocenters. The lowest BCUT2D eigenvalue weighted by molar-refractivity contribution is 0.0892. The van der Waals surface area contributed by atoms with Crippen LogP contribution in [0.25, 0.3) is 22.0 Å². The number of carbonyl (C=O) groups excluding carboxylic acids is 1. The fraction of sp³-hybridized carbons (Fsp3) is 0.542. The number of nitrogens with zero attached hydrogens (tertiary/aromatic N) is 4. The van der Waals surface area contributed by atoms with Gasteiger partial charge in [0.25, 0.3) is 5.91 Å². The lowest BCUT2D eigenvalue weighted by Gasteiger charge is -2.36. The number of likely N-dealkylation sites (tertiary alicyclic amines) is 1. The highest BCUT2D eigenvalue weighted by atomic mass is 16.2. The molecule has 3 heterocycles. The van der Waals surface area contributed by atoms with E-state index in [9.17, 15) is 4.79 Å². The normalized spacial score (nSPS) is 18.5. The van der Waals surface area contributed by atoms with E-state index in [0.29, 0.717) is 17.2 Å². The second kappa shape index (κ2) is 7.79. The molecule has 2 aliphatic rings. The van der Waals surface area contributed by atoms with Crippen molar-refractivity contribution >= 4 is 16.8 Å². The average Bonchev–Trinajstić information content (AvgIpc) is 3.30. The molecule has 2 N–H and O–H groups in total. The van der Waals surface area contributed by atoms with E-state index in [1.54, 1.807) is 0 Å². The average molecular weight is 421 g/mol. The molecule has 1 saturated heterocycles. The van der Waals surface area contributed by atoms with Gasteiger partial charge in [-0.1, -0.05) is 26.8 Å². The van der Waals surface area contributed by atoms with Crippen LogP contribution in [0.3, 0.4) is 0 Å². The van der Waals surface area contributed by atoms with E-state index < -0.39 is 0 Å². The Labute approximate surface area is 183 Å². The number of nitrogens with one attached hydrogen (secondary N) is 2. The Morgan fingerprint density at radius 3 is 2.65 bits per heavy atom. The molecule has 164 valence electrons. The summed E-state index contributed by atoms with van der Waals surface area (Å²) in [5.41, 5.74) is 3.79. The number of aromatic nitrogens is 4. The van der Waals surface area contributed by atoms with Crippen LogP contribution in [0.15, 0.2) is 30.6 Å². The van der Waals surface area contributed by atoms with Crippen molar-refractivity contribution in [1.29, 1.82) is 0 Å². The van der Waals surface area contributed by atoms with Crippen molar-refractivity contribution in [3.63, 3.8) is 0 Å². The lowest BCUT2D eigenvalue weighted by atomic mass is 9.94. The zero-order valence-electron chi connectivity index (χ0n) is 18.7. The number of rotatable bonds is 5. The van der Waals surface area contributed by atoms with Crippen LogP contribution >= 0.6 is 0 Å². The van der Waals surface area contributed by atoms with Gasteiger partial charge in [-0.15, -0.1) is 0 Å². The topological polar surface area (TPSA) is 78.8 Å². The number of H-pyrrole nitrogens is 1. The molecule has 1 aliphatic carbocycles. The van der Waals surface area contributed by atoms with Gasteiger partial charge in [0.2, 0.25) is 0 Å². The van der Waals surface area contributed by atoms with Gasteiger partial charge in [-0.05, 0) is 48.8 Å². The first-order valence-electron chi connectivity index (χ1n) is 11.4. The second-order valence-corrected chi connectivity index (χ2v) is 10.4. The first-order valence-corrected chi connectivity index (χ1v) is 11.4. The van der Waals surface area contributed by atoms with Crippen LogP contribution in [-0.2, 0) is 0 Å². The van der Waals surface area contributed by atoms with E-state index in [-0.39, 0.29) is 11.9 Å². The van der Waals surface area contributed by atoms with Gasteiger partial charge in [0.05, 0.1) is 17.8 Å². The first-order chi connectivity index (χ1) is 14.9. The predicted octanol–water partition coefficient (Wildman–Crippen LogP) is 4.00. The Kier molecular flexibility index (Phi) is 5.08. The van der Waals surface area contributed by atoms with Gasteiger partial charge in [-0.25, -0.2) is 0 Å². The highest BCUT2D eigenvalue weighted by molar-refractivity contribution is 6.05. The van der Waals surface area contributed by atoms with E-state index in [2.05, 4.69) is 63.2 Å². The Bertz CT molecular complexity index is 1080. The molecular weight excluding hydrogens is 388 g/mol. The molecule has 1 aromatic carbocycles. The molecule has 1 amide bonds. The van der Waals surface area contributed by atoms with Crippen LogP contribution in [0.2, 0.25) is 0 Å². The molecule has 0 radical (unpaired) electrons. The minimum absolute atomic E-state index is 0.0913. The number of hydrogen-bond donors (Lipinski definition) is 2. The molecule has 5 rings (SSSR count). The molecule has 0 spiro atoms. The van der Waals surface area contributed by atoms with Crippen molar-refractivity contribution in [2.75, 3.05) is 19.6 Å². The Hall–Kier alpha value is -2.67. The molecule has 7 nitrogen and oxygen atoms in total. The van der Waals surface area contributed by atoms with E-state index in [1.807, 2.05) is 18.3 Å². The third-order valence-corrected chi connectivity index (χ3v) is 6.25. The van der Waals surface area contributed by atoms with Gasteiger partial charge in [-0.3, -0.25) is 14.6 Å². The molecule has 1 saturated carbocycles. The number of hydrogen-bond acceptors (Lipinski definition) is 4. The molecule has 31 heavy (non-hydrogen) atoms. The zero-order valence-corrected chi connectivity index (χ0v) is 18.7. The smallest absolute Gasteiger partial charge is 0.272 e. The van der Waals surface area contributed by atoms with Gasteiger partial charge in [0.1, 0.15) is 0 Å². The monoisotopic (exact) mass is 420 g/mol. The molecular formula is C24H32N6O. The summed E-state index contributed by atoms with van der Waals surface area (Å²) in [5, 5.41) is 15.9. The fourth-order valence-corrected chi connectivity index (χ4v) is 4.55. The maximum absolute atomic E-state index is 13.0. The van der Waals surface area contributed by atoms with Crippen LogP contribution in [0.1, 0.15) is 63.0 Å². The number of amides is 1. The zero-order chi connectivity index (χ0) is 21.6. The Balaban J connectivity index is 1.28. The molecule has 7 heteroatoms.